The first-order valence-corrected chi connectivity index (χ1v) is 11.1. The molecule has 1 saturated heterocycles. The van der Waals surface area contributed by atoms with Gasteiger partial charge in [-0.05, 0) is 50.6 Å². The van der Waals surface area contributed by atoms with Gasteiger partial charge in [0, 0.05) is 31.7 Å². The summed E-state index contributed by atoms with van der Waals surface area (Å²) in [6.07, 6.45) is 3.91. The van der Waals surface area contributed by atoms with E-state index < -0.39 is 10.0 Å². The van der Waals surface area contributed by atoms with E-state index in [1.807, 2.05) is 14.1 Å². The highest BCUT2D eigenvalue weighted by molar-refractivity contribution is 7.89. The van der Waals surface area contributed by atoms with Crippen molar-refractivity contribution < 1.29 is 13.2 Å². The fourth-order valence-corrected chi connectivity index (χ4v) is 5.13. The number of rotatable bonds is 7. The van der Waals surface area contributed by atoms with Crippen molar-refractivity contribution in [2.45, 2.75) is 44.4 Å². The molecule has 0 aromatic heterocycles. The Bertz CT molecular complexity index is 737. The van der Waals surface area contributed by atoms with Gasteiger partial charge in [-0.25, -0.2) is 8.42 Å². The summed E-state index contributed by atoms with van der Waals surface area (Å²) in [4.78, 5) is 14.8. The summed E-state index contributed by atoms with van der Waals surface area (Å²) in [6.45, 7) is 6.65. The van der Waals surface area contributed by atoms with Gasteiger partial charge in [0.05, 0.1) is 4.90 Å². The molecule has 152 valence electrons. The maximum atomic E-state index is 12.9. The standard InChI is InChI=1S/C20H33N3O3S/c1-20(2,16-22(3)4)15-21-19(24)17-10-9-11-18(14-17)27(25,26)23-12-7-5-6-8-13-23/h9-11,14H,5-8,12-13,15-16H2,1-4H3,(H,21,24). The zero-order chi connectivity index (χ0) is 20.1. The number of sulfonamides is 1. The predicted molar refractivity (Wildman–Crippen MR) is 108 cm³/mol. The van der Waals surface area contributed by atoms with Crippen LogP contribution in [0.4, 0.5) is 0 Å². The molecule has 0 spiro atoms. The highest BCUT2D eigenvalue weighted by Gasteiger charge is 2.26. The van der Waals surface area contributed by atoms with E-state index in [-0.39, 0.29) is 16.2 Å². The van der Waals surface area contributed by atoms with E-state index in [4.69, 9.17) is 0 Å². The Balaban J connectivity index is 2.10. The smallest absolute Gasteiger partial charge is 0.251 e. The molecule has 27 heavy (non-hydrogen) atoms. The SMILES string of the molecule is CN(C)CC(C)(C)CNC(=O)c1cccc(S(=O)(=O)N2CCCCCC2)c1. The van der Waals surface area contributed by atoms with Crippen molar-refractivity contribution in [1.29, 1.82) is 0 Å². The summed E-state index contributed by atoms with van der Waals surface area (Å²) in [6, 6.07) is 6.38. The summed E-state index contributed by atoms with van der Waals surface area (Å²) in [5, 5.41) is 2.94. The van der Waals surface area contributed by atoms with Crippen LogP contribution < -0.4 is 5.32 Å². The van der Waals surface area contributed by atoms with Crippen LogP contribution in [0.2, 0.25) is 0 Å². The second-order valence-electron chi connectivity index (χ2n) is 8.43. The third-order valence-corrected chi connectivity index (χ3v) is 6.67. The van der Waals surface area contributed by atoms with Crippen molar-refractivity contribution in [2.24, 2.45) is 5.41 Å². The molecule has 6 nitrogen and oxygen atoms in total. The molecule has 1 amide bonds. The molecule has 0 atom stereocenters. The minimum atomic E-state index is -3.55. The average molecular weight is 396 g/mol. The van der Waals surface area contributed by atoms with Crippen LogP contribution in [0.3, 0.4) is 0 Å². The molecule has 0 bridgehead atoms. The van der Waals surface area contributed by atoms with Gasteiger partial charge in [-0.3, -0.25) is 4.79 Å². The lowest BCUT2D eigenvalue weighted by atomic mass is 9.93. The van der Waals surface area contributed by atoms with E-state index in [9.17, 15) is 13.2 Å². The molecule has 1 aliphatic heterocycles. The number of hydrogen-bond donors (Lipinski definition) is 1. The summed E-state index contributed by atoms with van der Waals surface area (Å²) < 4.78 is 27.4. The third-order valence-electron chi connectivity index (χ3n) is 4.77. The van der Waals surface area contributed by atoms with Crippen LogP contribution >= 0.6 is 0 Å². The number of benzene rings is 1. The summed E-state index contributed by atoms with van der Waals surface area (Å²) in [5.74, 6) is -0.241. The second kappa shape index (κ2) is 9.17. The lowest BCUT2D eigenvalue weighted by Gasteiger charge is -2.28. The molecule has 0 radical (unpaired) electrons. The predicted octanol–water partition coefficient (Wildman–Crippen LogP) is 2.57. The molecule has 7 heteroatoms. The Kier molecular flexibility index (Phi) is 7.42. The molecule has 1 aromatic carbocycles. The van der Waals surface area contributed by atoms with Gasteiger partial charge in [-0.1, -0.05) is 32.8 Å². The van der Waals surface area contributed by atoms with Crippen molar-refractivity contribution >= 4 is 15.9 Å². The molecule has 1 heterocycles. The molecular formula is C20H33N3O3S. The Morgan fingerprint density at radius 2 is 1.78 bits per heavy atom. The van der Waals surface area contributed by atoms with E-state index in [1.165, 1.54) is 6.07 Å². The van der Waals surface area contributed by atoms with Gasteiger partial charge in [0.1, 0.15) is 0 Å². The van der Waals surface area contributed by atoms with E-state index in [0.29, 0.717) is 25.2 Å². The lowest BCUT2D eigenvalue weighted by Crippen LogP contribution is -2.40. The topological polar surface area (TPSA) is 69.7 Å². The summed E-state index contributed by atoms with van der Waals surface area (Å²) >= 11 is 0. The van der Waals surface area contributed by atoms with Crippen molar-refractivity contribution in [2.75, 3.05) is 40.3 Å². The van der Waals surface area contributed by atoms with Crippen LogP contribution in [0.25, 0.3) is 0 Å². The molecule has 0 unspecified atom stereocenters. The number of nitrogens with one attached hydrogen (secondary N) is 1. The quantitative estimate of drug-likeness (QED) is 0.770. The average Bonchev–Trinajstić information content (AvgIpc) is 2.88. The zero-order valence-electron chi connectivity index (χ0n) is 17.0. The van der Waals surface area contributed by atoms with Crippen molar-refractivity contribution in [3.63, 3.8) is 0 Å². The summed E-state index contributed by atoms with van der Waals surface area (Å²) in [7, 11) is 0.447. The van der Waals surface area contributed by atoms with Gasteiger partial charge in [0.15, 0.2) is 0 Å². The number of hydrogen-bond acceptors (Lipinski definition) is 4. The van der Waals surface area contributed by atoms with Gasteiger partial charge >= 0.3 is 0 Å². The number of amides is 1. The van der Waals surface area contributed by atoms with Crippen molar-refractivity contribution in [3.05, 3.63) is 29.8 Å². The van der Waals surface area contributed by atoms with E-state index in [0.717, 1.165) is 32.2 Å². The largest absolute Gasteiger partial charge is 0.351 e. The Morgan fingerprint density at radius 1 is 1.15 bits per heavy atom. The van der Waals surface area contributed by atoms with E-state index in [2.05, 4.69) is 24.1 Å². The van der Waals surface area contributed by atoms with Crippen LogP contribution in [0.5, 0.6) is 0 Å². The third kappa shape index (κ3) is 6.30. The maximum absolute atomic E-state index is 12.9. The number of carbonyl (C=O) groups excluding carboxylic acids is 1. The van der Waals surface area contributed by atoms with Gasteiger partial charge in [0.2, 0.25) is 10.0 Å². The molecular weight excluding hydrogens is 362 g/mol. The second-order valence-corrected chi connectivity index (χ2v) is 10.4. The molecule has 1 fully saturated rings. The molecule has 0 saturated carbocycles. The molecule has 0 aliphatic carbocycles. The van der Waals surface area contributed by atoms with Crippen molar-refractivity contribution in [1.82, 2.24) is 14.5 Å². The van der Waals surface area contributed by atoms with Crippen LogP contribution in [-0.2, 0) is 10.0 Å². The first-order valence-electron chi connectivity index (χ1n) is 9.65. The van der Waals surface area contributed by atoms with Gasteiger partial charge in [-0.15, -0.1) is 0 Å². The van der Waals surface area contributed by atoms with Crippen molar-refractivity contribution in [3.8, 4) is 0 Å². The zero-order valence-corrected chi connectivity index (χ0v) is 17.8. The van der Waals surface area contributed by atoms with E-state index >= 15 is 0 Å². The van der Waals surface area contributed by atoms with Crippen LogP contribution in [0.1, 0.15) is 49.9 Å². The summed E-state index contributed by atoms with van der Waals surface area (Å²) in [5.41, 5.74) is 0.307. The Labute approximate surface area is 164 Å². The molecule has 1 N–H and O–H groups in total. The first-order chi connectivity index (χ1) is 12.6. The molecule has 1 aromatic rings. The molecule has 1 aliphatic rings. The fourth-order valence-electron chi connectivity index (χ4n) is 3.56. The van der Waals surface area contributed by atoms with Gasteiger partial charge < -0.3 is 10.2 Å². The van der Waals surface area contributed by atoms with Gasteiger partial charge in [0.25, 0.3) is 5.91 Å². The monoisotopic (exact) mass is 395 g/mol. The maximum Gasteiger partial charge on any atom is 0.251 e. The first kappa shape index (κ1) is 21.9. The fraction of sp³-hybridized carbons (Fsp3) is 0.650. The van der Waals surface area contributed by atoms with Gasteiger partial charge in [-0.2, -0.15) is 4.31 Å². The van der Waals surface area contributed by atoms with Crippen LogP contribution in [0, 0.1) is 5.41 Å². The minimum Gasteiger partial charge on any atom is -0.351 e. The Hall–Kier alpha value is -1.44. The van der Waals surface area contributed by atoms with Crippen LogP contribution in [-0.4, -0.2) is 63.8 Å². The van der Waals surface area contributed by atoms with Crippen LogP contribution in [0.15, 0.2) is 29.2 Å². The lowest BCUT2D eigenvalue weighted by molar-refractivity contribution is 0.0929. The Morgan fingerprint density at radius 3 is 2.37 bits per heavy atom. The highest BCUT2D eigenvalue weighted by atomic mass is 32.2. The highest BCUT2D eigenvalue weighted by Crippen LogP contribution is 2.21. The van der Waals surface area contributed by atoms with E-state index in [1.54, 1.807) is 22.5 Å². The minimum absolute atomic E-state index is 0.0745. The molecule has 2 rings (SSSR count). The number of carbonyl (C=O) groups is 1. The number of nitrogens with zero attached hydrogens (tertiary/aromatic N) is 2. The normalized spacial score (nSPS) is 16.9.